The van der Waals surface area contributed by atoms with Crippen LogP contribution in [0.5, 0.6) is 0 Å². The molecule has 144 valence electrons. The minimum atomic E-state index is 0.0471. The van der Waals surface area contributed by atoms with Gasteiger partial charge in [-0.15, -0.1) is 0 Å². The molecule has 4 nitrogen and oxygen atoms in total. The van der Waals surface area contributed by atoms with Crippen LogP contribution in [0, 0.1) is 0 Å². The maximum atomic E-state index is 5.63. The number of nitrogens with zero attached hydrogens (tertiary/aromatic N) is 2. The van der Waals surface area contributed by atoms with Crippen LogP contribution >= 0.6 is 12.2 Å². The molecule has 0 bridgehead atoms. The summed E-state index contributed by atoms with van der Waals surface area (Å²) in [4.78, 5) is 6.84. The molecule has 1 fully saturated rings. The number of hydrogen-bond donors (Lipinski definition) is 2. The van der Waals surface area contributed by atoms with Gasteiger partial charge in [-0.05, 0) is 54.9 Å². The summed E-state index contributed by atoms with van der Waals surface area (Å²) in [5.41, 5.74) is 9.04. The van der Waals surface area contributed by atoms with E-state index in [1.165, 1.54) is 16.3 Å². The van der Waals surface area contributed by atoms with Crippen molar-refractivity contribution in [3.8, 4) is 0 Å². The van der Waals surface area contributed by atoms with Gasteiger partial charge in [-0.25, -0.2) is 5.43 Å². The third kappa shape index (κ3) is 4.16. The molecule has 1 saturated heterocycles. The van der Waals surface area contributed by atoms with Gasteiger partial charge < -0.3 is 4.90 Å². The average Bonchev–Trinajstić information content (AvgIpc) is 2.77. The molecule has 0 radical (unpaired) electrons. The fraction of sp³-hybridized carbons (Fsp3) is 0.304. The number of thiocarbonyl (C=S) groups is 1. The molecule has 1 aromatic heterocycles. The van der Waals surface area contributed by atoms with E-state index >= 15 is 0 Å². The van der Waals surface area contributed by atoms with Gasteiger partial charge in [0.05, 0.1) is 11.7 Å². The molecular formula is C23H26N4S. The molecule has 1 atom stereocenters. The van der Waals surface area contributed by atoms with E-state index in [9.17, 15) is 0 Å². The van der Waals surface area contributed by atoms with Crippen LogP contribution < -0.4 is 10.9 Å². The number of pyridine rings is 1. The Bertz CT molecular complexity index is 930. The summed E-state index contributed by atoms with van der Waals surface area (Å²) in [5, 5.41) is 3.13. The van der Waals surface area contributed by atoms with E-state index in [0.29, 0.717) is 5.92 Å². The minimum Gasteiger partial charge on any atom is -0.348 e. The first kappa shape index (κ1) is 18.8. The molecule has 3 aromatic rings. The van der Waals surface area contributed by atoms with Gasteiger partial charge in [-0.2, -0.15) is 0 Å². The summed E-state index contributed by atoms with van der Waals surface area (Å²) in [6.45, 7) is 4.06. The van der Waals surface area contributed by atoms with Gasteiger partial charge in [0.25, 0.3) is 0 Å². The Morgan fingerprint density at radius 3 is 2.54 bits per heavy atom. The fourth-order valence-electron chi connectivity index (χ4n) is 3.95. The molecule has 5 heteroatoms. The molecule has 1 aliphatic heterocycles. The summed E-state index contributed by atoms with van der Waals surface area (Å²) in [6, 6.07) is 21.2. The Kier molecular flexibility index (Phi) is 5.84. The largest absolute Gasteiger partial charge is 0.348 e. The third-order valence-electron chi connectivity index (χ3n) is 5.56. The number of nitrogens with one attached hydrogen (secondary N) is 2. The second kappa shape index (κ2) is 8.67. The van der Waals surface area contributed by atoms with Crippen molar-refractivity contribution in [3.05, 3.63) is 78.1 Å². The zero-order valence-electron chi connectivity index (χ0n) is 16.1. The van der Waals surface area contributed by atoms with Gasteiger partial charge >= 0.3 is 0 Å². The van der Waals surface area contributed by atoms with Crippen molar-refractivity contribution in [2.45, 2.75) is 31.7 Å². The smallest absolute Gasteiger partial charge is 0.183 e. The number of likely N-dealkylation sites (tertiary alicyclic amines) is 1. The van der Waals surface area contributed by atoms with Crippen LogP contribution in [-0.2, 0) is 0 Å². The quantitative estimate of drug-likeness (QED) is 0.505. The van der Waals surface area contributed by atoms with Gasteiger partial charge in [0.1, 0.15) is 0 Å². The molecule has 0 saturated carbocycles. The Hall–Kier alpha value is -2.50. The maximum Gasteiger partial charge on any atom is 0.183 e. The van der Waals surface area contributed by atoms with Crippen LogP contribution in [-0.4, -0.2) is 28.1 Å². The van der Waals surface area contributed by atoms with Gasteiger partial charge in [0.15, 0.2) is 5.11 Å². The highest BCUT2D eigenvalue weighted by atomic mass is 32.1. The first-order valence-electron chi connectivity index (χ1n) is 9.91. The third-order valence-corrected chi connectivity index (χ3v) is 5.92. The second-order valence-electron chi connectivity index (χ2n) is 7.39. The SMILES string of the molecule is CC(NNC(=S)N1CCC(c2ccccc2)CC1)c1nccc2ccccc12. The van der Waals surface area contributed by atoms with Gasteiger partial charge in [-0.3, -0.25) is 10.4 Å². The number of rotatable bonds is 4. The van der Waals surface area contributed by atoms with Crippen molar-refractivity contribution in [1.29, 1.82) is 0 Å². The normalized spacial score (nSPS) is 16.1. The number of aromatic nitrogens is 1. The summed E-state index contributed by atoms with van der Waals surface area (Å²) < 4.78 is 0. The van der Waals surface area contributed by atoms with Gasteiger partial charge in [0, 0.05) is 24.7 Å². The molecule has 0 spiro atoms. The zero-order chi connectivity index (χ0) is 19.3. The molecule has 4 rings (SSSR count). The van der Waals surface area contributed by atoms with Crippen LogP contribution in [0.2, 0.25) is 0 Å². The average molecular weight is 391 g/mol. The van der Waals surface area contributed by atoms with E-state index < -0.39 is 0 Å². The van der Waals surface area contributed by atoms with Crippen LogP contribution in [0.1, 0.15) is 43.0 Å². The van der Waals surface area contributed by atoms with E-state index in [1.54, 1.807) is 0 Å². The van der Waals surface area contributed by atoms with Crippen molar-refractivity contribution in [2.75, 3.05) is 13.1 Å². The van der Waals surface area contributed by atoms with Crippen LogP contribution in [0.3, 0.4) is 0 Å². The van der Waals surface area contributed by atoms with E-state index in [-0.39, 0.29) is 6.04 Å². The minimum absolute atomic E-state index is 0.0471. The number of benzene rings is 2. The lowest BCUT2D eigenvalue weighted by Crippen LogP contribution is -2.49. The van der Waals surface area contributed by atoms with Crippen molar-refractivity contribution in [1.82, 2.24) is 20.7 Å². The van der Waals surface area contributed by atoms with Gasteiger partial charge in [-0.1, -0.05) is 54.6 Å². The second-order valence-corrected chi connectivity index (χ2v) is 7.77. The fourth-order valence-corrected chi connectivity index (χ4v) is 4.19. The molecule has 2 heterocycles. The monoisotopic (exact) mass is 390 g/mol. The molecule has 1 aliphatic rings. The van der Waals surface area contributed by atoms with Crippen molar-refractivity contribution >= 4 is 28.1 Å². The molecule has 2 aromatic carbocycles. The van der Waals surface area contributed by atoms with Crippen molar-refractivity contribution < 1.29 is 0 Å². The first-order chi connectivity index (χ1) is 13.7. The number of hydrogen-bond acceptors (Lipinski definition) is 3. The van der Waals surface area contributed by atoms with Crippen LogP contribution in [0.4, 0.5) is 0 Å². The van der Waals surface area contributed by atoms with Gasteiger partial charge in [0.2, 0.25) is 0 Å². The molecular weight excluding hydrogens is 364 g/mol. The zero-order valence-corrected chi connectivity index (χ0v) is 17.0. The summed E-state index contributed by atoms with van der Waals surface area (Å²) in [7, 11) is 0. The van der Waals surface area contributed by atoms with Crippen molar-refractivity contribution in [3.63, 3.8) is 0 Å². The topological polar surface area (TPSA) is 40.2 Å². The van der Waals surface area contributed by atoms with E-state index in [0.717, 1.165) is 36.7 Å². The predicted molar refractivity (Wildman–Crippen MR) is 119 cm³/mol. The summed E-state index contributed by atoms with van der Waals surface area (Å²) >= 11 is 5.63. The maximum absolute atomic E-state index is 5.63. The highest BCUT2D eigenvalue weighted by Crippen LogP contribution is 2.27. The lowest BCUT2D eigenvalue weighted by Gasteiger charge is -2.34. The van der Waals surface area contributed by atoms with E-state index in [1.807, 2.05) is 12.3 Å². The summed E-state index contributed by atoms with van der Waals surface area (Å²) in [5.74, 6) is 0.631. The summed E-state index contributed by atoms with van der Waals surface area (Å²) in [6.07, 6.45) is 4.13. The van der Waals surface area contributed by atoms with Crippen LogP contribution in [0.25, 0.3) is 10.8 Å². The first-order valence-corrected chi connectivity index (χ1v) is 10.3. The number of hydrazine groups is 1. The molecule has 1 unspecified atom stereocenters. The Morgan fingerprint density at radius 1 is 1.04 bits per heavy atom. The molecule has 0 amide bonds. The molecule has 28 heavy (non-hydrogen) atoms. The standard InChI is InChI=1S/C23H26N4S/c1-17(22-21-10-6-5-9-20(21)11-14-24-22)25-26-23(28)27-15-12-19(13-16-27)18-7-3-2-4-8-18/h2-11,14,17,19,25H,12-13,15-16H2,1H3,(H,26,28). The van der Waals surface area contributed by atoms with E-state index in [2.05, 4.69) is 82.3 Å². The highest BCUT2D eigenvalue weighted by molar-refractivity contribution is 7.80. The lowest BCUT2D eigenvalue weighted by atomic mass is 9.90. The number of piperidine rings is 1. The van der Waals surface area contributed by atoms with E-state index in [4.69, 9.17) is 12.2 Å². The Labute approximate surface area is 171 Å². The molecule has 0 aliphatic carbocycles. The molecule has 2 N–H and O–H groups in total. The number of fused-ring (bicyclic) bond motifs is 1. The predicted octanol–water partition coefficient (Wildman–Crippen LogP) is 4.55. The lowest BCUT2D eigenvalue weighted by molar-refractivity contribution is 0.304. The highest BCUT2D eigenvalue weighted by Gasteiger charge is 2.22. The van der Waals surface area contributed by atoms with Crippen molar-refractivity contribution in [2.24, 2.45) is 0 Å². The van der Waals surface area contributed by atoms with Crippen LogP contribution in [0.15, 0.2) is 66.9 Å². The Morgan fingerprint density at radius 2 is 1.75 bits per heavy atom. The Balaban J connectivity index is 1.32.